The number of carboxylic acid groups (broad SMARTS) is 1. The molecule has 0 aromatic heterocycles. The van der Waals surface area contributed by atoms with E-state index in [-0.39, 0.29) is 12.1 Å². The molecular weight excluding hydrogens is 268 g/mol. The first-order valence-corrected chi connectivity index (χ1v) is 7.29. The van der Waals surface area contributed by atoms with Crippen molar-refractivity contribution in [3.8, 4) is 0 Å². The first kappa shape index (κ1) is 19.4. The SMILES string of the molecule is C=C(C)C(=O)OC1CCC(C(C)(C)C)CC1.C=CC(=O)O. The van der Waals surface area contributed by atoms with Crippen LogP contribution in [0.2, 0.25) is 0 Å². The summed E-state index contributed by atoms with van der Waals surface area (Å²) in [6.07, 6.45) is 5.28. The molecule has 0 aliphatic heterocycles. The molecule has 0 unspecified atom stereocenters. The van der Waals surface area contributed by atoms with Crippen LogP contribution in [0.5, 0.6) is 0 Å². The predicted molar refractivity (Wildman–Crippen MR) is 83.9 cm³/mol. The van der Waals surface area contributed by atoms with Gasteiger partial charge in [-0.3, -0.25) is 0 Å². The number of carbonyl (C=O) groups excluding carboxylic acids is 1. The fourth-order valence-electron chi connectivity index (χ4n) is 2.30. The summed E-state index contributed by atoms with van der Waals surface area (Å²) in [6, 6.07) is 0. The first-order chi connectivity index (χ1) is 9.57. The Morgan fingerprint density at radius 2 is 1.62 bits per heavy atom. The molecule has 1 aliphatic rings. The first-order valence-electron chi connectivity index (χ1n) is 7.29. The fraction of sp³-hybridized carbons (Fsp3) is 0.647. The Bertz CT molecular complexity index is 382. The zero-order valence-corrected chi connectivity index (χ0v) is 13.6. The van der Waals surface area contributed by atoms with E-state index in [4.69, 9.17) is 9.84 Å². The summed E-state index contributed by atoms with van der Waals surface area (Å²) in [4.78, 5) is 20.6. The van der Waals surface area contributed by atoms with Crippen LogP contribution < -0.4 is 0 Å². The van der Waals surface area contributed by atoms with Crippen molar-refractivity contribution in [3.63, 3.8) is 0 Å². The summed E-state index contributed by atoms with van der Waals surface area (Å²) in [5.74, 6) is -0.462. The zero-order valence-electron chi connectivity index (χ0n) is 13.6. The van der Waals surface area contributed by atoms with Crippen molar-refractivity contribution in [3.05, 3.63) is 24.8 Å². The van der Waals surface area contributed by atoms with E-state index in [1.165, 1.54) is 0 Å². The molecule has 0 heterocycles. The molecule has 0 spiro atoms. The highest BCUT2D eigenvalue weighted by Gasteiger charge is 2.30. The Hall–Kier alpha value is -1.58. The molecule has 1 fully saturated rings. The quantitative estimate of drug-likeness (QED) is 0.632. The minimum Gasteiger partial charge on any atom is -0.478 e. The van der Waals surface area contributed by atoms with Gasteiger partial charge in [-0.05, 0) is 43.9 Å². The van der Waals surface area contributed by atoms with Crippen molar-refractivity contribution in [1.82, 2.24) is 0 Å². The molecule has 0 saturated heterocycles. The highest BCUT2D eigenvalue weighted by atomic mass is 16.5. The van der Waals surface area contributed by atoms with E-state index >= 15 is 0 Å². The van der Waals surface area contributed by atoms with Crippen LogP contribution in [-0.2, 0) is 14.3 Å². The smallest absolute Gasteiger partial charge is 0.333 e. The number of rotatable bonds is 3. The van der Waals surface area contributed by atoms with Crippen LogP contribution in [0.1, 0.15) is 53.4 Å². The Kier molecular flexibility index (Phi) is 8.00. The second-order valence-electron chi connectivity index (χ2n) is 6.57. The van der Waals surface area contributed by atoms with Gasteiger partial charge in [0.05, 0.1) is 0 Å². The molecule has 1 saturated carbocycles. The number of esters is 1. The molecule has 0 amide bonds. The van der Waals surface area contributed by atoms with E-state index in [2.05, 4.69) is 33.9 Å². The minimum absolute atomic E-state index is 0.114. The number of carboxylic acids is 1. The molecular formula is C17H28O4. The summed E-state index contributed by atoms with van der Waals surface area (Å²) in [7, 11) is 0. The van der Waals surface area contributed by atoms with Crippen molar-refractivity contribution in [2.75, 3.05) is 0 Å². The summed E-state index contributed by atoms with van der Waals surface area (Å²) >= 11 is 0. The average molecular weight is 296 g/mol. The predicted octanol–water partition coefficient (Wildman–Crippen LogP) is 3.97. The van der Waals surface area contributed by atoms with Crippen LogP contribution in [0, 0.1) is 11.3 Å². The molecule has 120 valence electrons. The van der Waals surface area contributed by atoms with Gasteiger partial charge in [0.1, 0.15) is 6.10 Å². The number of aliphatic carboxylic acids is 1. The van der Waals surface area contributed by atoms with E-state index < -0.39 is 5.97 Å². The normalized spacial score (nSPS) is 21.5. The molecule has 1 aliphatic carbocycles. The monoisotopic (exact) mass is 296 g/mol. The van der Waals surface area contributed by atoms with Crippen molar-refractivity contribution in [1.29, 1.82) is 0 Å². The van der Waals surface area contributed by atoms with E-state index in [1.54, 1.807) is 6.92 Å². The van der Waals surface area contributed by atoms with Crippen LogP contribution in [0.25, 0.3) is 0 Å². The van der Waals surface area contributed by atoms with Gasteiger partial charge in [0.2, 0.25) is 0 Å². The lowest BCUT2D eigenvalue weighted by Gasteiger charge is -2.36. The largest absolute Gasteiger partial charge is 0.478 e. The molecule has 0 atom stereocenters. The molecule has 0 bridgehead atoms. The van der Waals surface area contributed by atoms with E-state index in [9.17, 15) is 9.59 Å². The molecule has 1 rings (SSSR count). The summed E-state index contributed by atoms with van der Waals surface area (Å²) < 4.78 is 5.38. The van der Waals surface area contributed by atoms with Gasteiger partial charge < -0.3 is 9.84 Å². The lowest BCUT2D eigenvalue weighted by atomic mass is 9.72. The highest BCUT2D eigenvalue weighted by Crippen LogP contribution is 2.38. The Morgan fingerprint density at radius 3 is 1.90 bits per heavy atom. The molecule has 4 heteroatoms. The molecule has 21 heavy (non-hydrogen) atoms. The van der Waals surface area contributed by atoms with Crippen LogP contribution >= 0.6 is 0 Å². The van der Waals surface area contributed by atoms with Gasteiger partial charge in [0.15, 0.2) is 0 Å². The van der Waals surface area contributed by atoms with Crippen molar-refractivity contribution in [2.45, 2.75) is 59.5 Å². The number of ether oxygens (including phenoxy) is 1. The van der Waals surface area contributed by atoms with Crippen molar-refractivity contribution < 1.29 is 19.4 Å². The van der Waals surface area contributed by atoms with Gasteiger partial charge in [-0.15, -0.1) is 0 Å². The van der Waals surface area contributed by atoms with Gasteiger partial charge in [0.25, 0.3) is 0 Å². The molecule has 0 aromatic carbocycles. The summed E-state index contributed by atoms with van der Waals surface area (Å²) in [5.41, 5.74) is 0.876. The van der Waals surface area contributed by atoms with Gasteiger partial charge >= 0.3 is 11.9 Å². The standard InChI is InChI=1S/C14H24O2.C3H4O2/c1-10(2)13(15)16-12-8-6-11(7-9-12)14(3,4)5;1-2-3(4)5/h11-12H,1,6-9H2,2-5H3;2H,1H2,(H,4,5). The third kappa shape index (κ3) is 8.33. The van der Waals surface area contributed by atoms with Gasteiger partial charge in [-0.25, -0.2) is 9.59 Å². The maximum atomic E-state index is 11.4. The fourth-order valence-corrected chi connectivity index (χ4v) is 2.30. The van der Waals surface area contributed by atoms with Gasteiger partial charge in [-0.2, -0.15) is 0 Å². The van der Waals surface area contributed by atoms with E-state index in [1.807, 2.05) is 0 Å². The number of hydrogen-bond donors (Lipinski definition) is 1. The van der Waals surface area contributed by atoms with Gasteiger partial charge in [0, 0.05) is 11.6 Å². The minimum atomic E-state index is -0.981. The van der Waals surface area contributed by atoms with Crippen molar-refractivity contribution in [2.24, 2.45) is 11.3 Å². The second-order valence-corrected chi connectivity index (χ2v) is 6.57. The van der Waals surface area contributed by atoms with Crippen molar-refractivity contribution >= 4 is 11.9 Å². The Labute approximate surface area is 127 Å². The second kappa shape index (κ2) is 8.65. The summed E-state index contributed by atoms with van der Waals surface area (Å²) in [6.45, 7) is 15.1. The lowest BCUT2D eigenvalue weighted by Crippen LogP contribution is -2.30. The van der Waals surface area contributed by atoms with Crippen LogP contribution in [0.4, 0.5) is 0 Å². The summed E-state index contributed by atoms with van der Waals surface area (Å²) in [5, 5.41) is 7.60. The number of hydrogen-bond acceptors (Lipinski definition) is 3. The van der Waals surface area contributed by atoms with E-state index in [0.29, 0.717) is 11.0 Å². The molecule has 0 aromatic rings. The van der Waals surface area contributed by atoms with Crippen LogP contribution in [0.15, 0.2) is 24.8 Å². The third-order valence-electron chi connectivity index (χ3n) is 3.70. The zero-order chi connectivity index (χ0) is 16.6. The molecule has 0 radical (unpaired) electrons. The Morgan fingerprint density at radius 1 is 1.19 bits per heavy atom. The van der Waals surface area contributed by atoms with Crippen LogP contribution in [-0.4, -0.2) is 23.1 Å². The molecule has 4 nitrogen and oxygen atoms in total. The maximum Gasteiger partial charge on any atom is 0.333 e. The third-order valence-corrected chi connectivity index (χ3v) is 3.70. The highest BCUT2D eigenvalue weighted by molar-refractivity contribution is 5.87. The van der Waals surface area contributed by atoms with Crippen LogP contribution in [0.3, 0.4) is 0 Å². The lowest BCUT2D eigenvalue weighted by molar-refractivity contribution is -0.146. The number of carbonyl (C=O) groups is 2. The average Bonchev–Trinajstić information content (AvgIpc) is 2.38. The van der Waals surface area contributed by atoms with E-state index in [0.717, 1.165) is 37.7 Å². The Balaban J connectivity index is 0.000000690. The van der Waals surface area contributed by atoms with Gasteiger partial charge in [-0.1, -0.05) is 33.9 Å². The maximum absolute atomic E-state index is 11.4. The topological polar surface area (TPSA) is 63.6 Å². The molecule has 1 N–H and O–H groups in total.